The van der Waals surface area contributed by atoms with Gasteiger partial charge in [-0.05, 0) is 6.08 Å². The number of carboxylic acid groups (broad SMARTS) is 1. The fourth-order valence-corrected chi connectivity index (χ4v) is 2.13. The van der Waals surface area contributed by atoms with Crippen LogP contribution in [0.4, 0.5) is 0 Å². The first-order chi connectivity index (χ1) is 10.7. The fraction of sp³-hybridized carbons (Fsp3) is 0.583. The van der Waals surface area contributed by atoms with Gasteiger partial charge in [-0.3, -0.25) is 4.79 Å². The molecule has 1 heterocycles. The molecule has 0 saturated carbocycles. The Kier molecular flexibility index (Phi) is 6.30. The van der Waals surface area contributed by atoms with E-state index in [4.69, 9.17) is 21.3 Å². The van der Waals surface area contributed by atoms with Crippen molar-refractivity contribution >= 4 is 17.8 Å². The molecular formula is C12H19N4O7-. The zero-order valence-corrected chi connectivity index (χ0v) is 12.2. The maximum atomic E-state index is 11.3. The lowest BCUT2D eigenvalue weighted by Gasteiger charge is -2.39. The zero-order chi connectivity index (χ0) is 17.7. The molecule has 1 aliphatic rings. The van der Waals surface area contributed by atoms with Gasteiger partial charge in [0.15, 0.2) is 5.96 Å². The molecule has 0 saturated heterocycles. The van der Waals surface area contributed by atoms with E-state index in [9.17, 15) is 24.9 Å². The van der Waals surface area contributed by atoms with Crippen LogP contribution in [0.25, 0.3) is 0 Å². The average Bonchev–Trinajstić information content (AvgIpc) is 2.45. The highest BCUT2D eigenvalue weighted by atomic mass is 16.5. The molecule has 1 rings (SSSR count). The number of carbonyl (C=O) groups excluding carboxylic acids is 2. The first kappa shape index (κ1) is 18.7. The van der Waals surface area contributed by atoms with Crippen molar-refractivity contribution in [2.75, 3.05) is 6.61 Å². The number of hydrogen-bond acceptors (Lipinski definition) is 8. The maximum absolute atomic E-state index is 11.3. The minimum absolute atomic E-state index is 0.392. The fourth-order valence-electron chi connectivity index (χ4n) is 2.13. The summed E-state index contributed by atoms with van der Waals surface area (Å²) in [6, 6.07) is -2.18. The summed E-state index contributed by atoms with van der Waals surface area (Å²) < 4.78 is 5.07. The van der Waals surface area contributed by atoms with E-state index in [1.807, 2.05) is 0 Å². The van der Waals surface area contributed by atoms with Crippen LogP contribution < -0.4 is 21.9 Å². The molecule has 1 unspecified atom stereocenters. The van der Waals surface area contributed by atoms with Crippen molar-refractivity contribution in [1.82, 2.24) is 5.32 Å². The normalized spacial score (nSPS) is 26.3. The van der Waals surface area contributed by atoms with Crippen molar-refractivity contribution < 1.29 is 34.8 Å². The molecule has 0 aromatic carbocycles. The average molecular weight is 331 g/mol. The van der Waals surface area contributed by atoms with Crippen LogP contribution in [0, 0.1) is 0 Å². The van der Waals surface area contributed by atoms with Gasteiger partial charge in [-0.15, -0.1) is 0 Å². The number of aliphatic hydroxyl groups excluding tert-OH is 3. The van der Waals surface area contributed by atoms with Gasteiger partial charge in [-0.25, -0.2) is 4.99 Å². The number of nitrogens with two attached hydrogens (primary N) is 2. The Labute approximate surface area is 131 Å². The summed E-state index contributed by atoms with van der Waals surface area (Å²) in [6.45, 7) is 0.363. The second-order valence-corrected chi connectivity index (χ2v) is 4.91. The molecule has 1 aliphatic heterocycles. The molecule has 5 atom stereocenters. The Bertz CT molecular complexity index is 518. The Hall–Kier alpha value is -2.37. The Morgan fingerprint density at radius 1 is 1.48 bits per heavy atom. The maximum Gasteiger partial charge on any atom is 0.217 e. The smallest absolute Gasteiger partial charge is 0.217 e. The molecule has 0 spiro atoms. The van der Waals surface area contributed by atoms with Crippen molar-refractivity contribution in [2.24, 2.45) is 16.5 Å². The highest BCUT2D eigenvalue weighted by molar-refractivity contribution is 5.83. The minimum atomic E-state index is -1.73. The lowest BCUT2D eigenvalue weighted by molar-refractivity contribution is -0.305. The molecule has 130 valence electrons. The number of guanidine groups is 1. The standard InChI is InChI=1S/C12H20N4O7/c1-4(18)15-8-5(16-12(13)14)2-7(11(21)22)23-10(8)9(20)6(19)3-17/h2,5-6,8-10,17,19-20H,3H2,1H3,(H,15,18)(H,21,22)(H4,13,14,16)/p-1/t5-,6-,8-,9-,10?/m1/s1. The van der Waals surface area contributed by atoms with Crippen molar-refractivity contribution in [1.29, 1.82) is 0 Å². The van der Waals surface area contributed by atoms with Crippen LogP contribution in [-0.2, 0) is 14.3 Å². The third-order valence-electron chi connectivity index (χ3n) is 3.09. The van der Waals surface area contributed by atoms with Gasteiger partial charge in [0, 0.05) is 6.92 Å². The van der Waals surface area contributed by atoms with Crippen molar-refractivity contribution in [3.8, 4) is 0 Å². The molecule has 0 radical (unpaired) electrons. The quantitative estimate of drug-likeness (QED) is 0.203. The van der Waals surface area contributed by atoms with E-state index in [0.29, 0.717) is 0 Å². The van der Waals surface area contributed by atoms with Crippen LogP contribution >= 0.6 is 0 Å². The van der Waals surface area contributed by atoms with E-state index in [0.717, 1.165) is 6.08 Å². The zero-order valence-electron chi connectivity index (χ0n) is 12.2. The summed E-state index contributed by atoms with van der Waals surface area (Å²) in [4.78, 5) is 26.1. The second kappa shape index (κ2) is 7.76. The van der Waals surface area contributed by atoms with E-state index in [-0.39, 0.29) is 0 Å². The molecule has 0 aromatic rings. The molecule has 0 aromatic heterocycles. The number of aliphatic carboxylic acids is 1. The highest BCUT2D eigenvalue weighted by Gasteiger charge is 2.42. The number of nitrogens with one attached hydrogen (secondary N) is 1. The second-order valence-electron chi connectivity index (χ2n) is 4.91. The summed E-state index contributed by atoms with van der Waals surface area (Å²) in [5.74, 6) is -3.29. The molecule has 0 bridgehead atoms. The van der Waals surface area contributed by atoms with E-state index in [1.54, 1.807) is 0 Å². The molecule has 8 N–H and O–H groups in total. The third-order valence-corrected chi connectivity index (χ3v) is 3.09. The Morgan fingerprint density at radius 3 is 2.52 bits per heavy atom. The Morgan fingerprint density at radius 2 is 2.09 bits per heavy atom. The molecule has 1 amide bonds. The van der Waals surface area contributed by atoms with E-state index >= 15 is 0 Å². The minimum Gasteiger partial charge on any atom is -0.542 e. The van der Waals surface area contributed by atoms with Crippen LogP contribution in [-0.4, -0.2) is 70.2 Å². The molecule has 0 fully saturated rings. The van der Waals surface area contributed by atoms with Gasteiger partial charge in [0.05, 0.1) is 18.7 Å². The predicted molar refractivity (Wildman–Crippen MR) is 74.3 cm³/mol. The predicted octanol–water partition coefficient (Wildman–Crippen LogP) is -5.12. The topological polar surface area (TPSA) is 204 Å². The van der Waals surface area contributed by atoms with Crippen LogP contribution in [0.2, 0.25) is 0 Å². The first-order valence-electron chi connectivity index (χ1n) is 6.60. The number of carbonyl (C=O) groups is 2. The van der Waals surface area contributed by atoms with Gasteiger partial charge in [-0.1, -0.05) is 0 Å². The summed E-state index contributed by atoms with van der Waals surface area (Å²) in [5.41, 5.74) is 10.6. The van der Waals surface area contributed by atoms with Crippen molar-refractivity contribution in [3.05, 3.63) is 11.8 Å². The number of hydrogen-bond donors (Lipinski definition) is 6. The van der Waals surface area contributed by atoms with Gasteiger partial charge in [0.25, 0.3) is 0 Å². The highest BCUT2D eigenvalue weighted by Crippen LogP contribution is 2.24. The van der Waals surface area contributed by atoms with Crippen LogP contribution in [0.15, 0.2) is 16.8 Å². The number of carboxylic acids is 1. The summed E-state index contributed by atoms with van der Waals surface area (Å²) in [5, 5.41) is 42.0. The third kappa shape index (κ3) is 4.81. The summed E-state index contributed by atoms with van der Waals surface area (Å²) in [7, 11) is 0. The molecule has 11 nitrogen and oxygen atoms in total. The van der Waals surface area contributed by atoms with Crippen molar-refractivity contribution in [2.45, 2.75) is 37.3 Å². The van der Waals surface area contributed by atoms with E-state index in [1.165, 1.54) is 6.92 Å². The Balaban J connectivity index is 3.28. The molecule has 11 heteroatoms. The molecule has 0 aliphatic carbocycles. The SMILES string of the molecule is CC(=O)N[C@H]1C([C@H](O)[C@H](O)CO)OC(C(=O)[O-])=C[C@H]1N=C(N)N. The number of nitrogens with zero attached hydrogens (tertiary/aromatic N) is 1. The lowest BCUT2D eigenvalue weighted by atomic mass is 9.92. The van der Waals surface area contributed by atoms with Gasteiger partial charge in [0.1, 0.15) is 30.0 Å². The molecular weight excluding hydrogens is 312 g/mol. The molecule has 23 heavy (non-hydrogen) atoms. The van der Waals surface area contributed by atoms with E-state index in [2.05, 4.69) is 10.3 Å². The van der Waals surface area contributed by atoms with Gasteiger partial charge in [0.2, 0.25) is 5.91 Å². The first-order valence-corrected chi connectivity index (χ1v) is 6.60. The van der Waals surface area contributed by atoms with Crippen molar-refractivity contribution in [3.63, 3.8) is 0 Å². The monoisotopic (exact) mass is 331 g/mol. The summed E-state index contributed by atoms with van der Waals surface area (Å²) >= 11 is 0. The largest absolute Gasteiger partial charge is 0.542 e. The number of amides is 1. The van der Waals surface area contributed by atoms with Crippen LogP contribution in [0.1, 0.15) is 6.92 Å². The van der Waals surface area contributed by atoms with Crippen LogP contribution in [0.3, 0.4) is 0 Å². The number of ether oxygens (including phenoxy) is 1. The van der Waals surface area contributed by atoms with Crippen LogP contribution in [0.5, 0.6) is 0 Å². The lowest BCUT2D eigenvalue weighted by Crippen LogP contribution is -2.60. The summed E-state index contributed by atoms with van der Waals surface area (Å²) in [6.07, 6.45) is -3.80. The van der Waals surface area contributed by atoms with Gasteiger partial charge >= 0.3 is 0 Å². The van der Waals surface area contributed by atoms with Gasteiger partial charge < -0.3 is 46.7 Å². The van der Waals surface area contributed by atoms with E-state index < -0.39 is 60.6 Å². The number of aliphatic imine (C=N–C) groups is 1. The number of rotatable bonds is 6. The van der Waals surface area contributed by atoms with Gasteiger partial charge in [-0.2, -0.15) is 0 Å². The number of aliphatic hydroxyl groups is 3.